The summed E-state index contributed by atoms with van der Waals surface area (Å²) >= 11 is 0. The van der Waals surface area contributed by atoms with E-state index in [1.54, 1.807) is 5.19 Å². The fourth-order valence-corrected chi connectivity index (χ4v) is 18.4. The van der Waals surface area contributed by atoms with Gasteiger partial charge >= 0.3 is 0 Å². The molecule has 1 heterocycles. The van der Waals surface area contributed by atoms with E-state index < -0.39 is 16.5 Å². The molecule has 0 saturated carbocycles. The molecule has 4 heteroatoms. The quantitative estimate of drug-likeness (QED) is 0.748. The highest BCUT2D eigenvalue weighted by Crippen LogP contribution is 2.40. The van der Waals surface area contributed by atoms with Crippen molar-refractivity contribution >= 4 is 36.1 Å². The summed E-state index contributed by atoms with van der Waals surface area (Å²) in [7, 11) is -2.73. The Kier molecular flexibility index (Phi) is 3.64. The predicted octanol–water partition coefficient (Wildman–Crippen LogP) is 3.88. The Labute approximate surface area is 116 Å². The summed E-state index contributed by atoms with van der Waals surface area (Å²) in [6, 6.07) is 12.4. The topological polar surface area (TPSA) is 3.24 Å². The smallest absolute Gasteiger partial charge is 0.141 e. The average molecular weight is 293 g/mol. The third-order valence-corrected chi connectivity index (χ3v) is 15.7. The molecule has 0 bridgehead atoms. The Bertz CT molecular complexity index is 424. The van der Waals surface area contributed by atoms with Crippen LogP contribution < -0.4 is 9.42 Å². The summed E-state index contributed by atoms with van der Waals surface area (Å²) in [5.41, 5.74) is 1.53. The Hall–Kier alpha value is -0.329. The first-order chi connectivity index (χ1) is 8.24. The highest BCUT2D eigenvalue weighted by atomic mass is 28.4. The van der Waals surface area contributed by atoms with Crippen LogP contribution in [-0.4, -0.2) is 25.3 Å². The van der Waals surface area contributed by atoms with E-state index in [1.165, 1.54) is 17.8 Å². The van der Waals surface area contributed by atoms with Gasteiger partial charge in [-0.2, -0.15) is 0 Å². The fourth-order valence-electron chi connectivity index (χ4n) is 3.31. The molecule has 18 heavy (non-hydrogen) atoms. The highest BCUT2D eigenvalue weighted by molar-refractivity contribution is 7.04. The summed E-state index contributed by atoms with van der Waals surface area (Å²) in [5, 5.41) is 1.58. The Morgan fingerprint density at radius 3 is 2.06 bits per heavy atom. The first kappa shape index (κ1) is 14.1. The molecule has 0 N–H and O–H groups in total. The van der Waals surface area contributed by atoms with Crippen molar-refractivity contribution in [2.24, 2.45) is 0 Å². The van der Waals surface area contributed by atoms with Crippen molar-refractivity contribution in [3.05, 3.63) is 24.3 Å². The Balaban J connectivity index is 2.43. The molecular formula is C14H26NSi3. The van der Waals surface area contributed by atoms with Crippen LogP contribution in [0.5, 0.6) is 0 Å². The van der Waals surface area contributed by atoms with E-state index in [0.29, 0.717) is 0 Å². The van der Waals surface area contributed by atoms with E-state index in [4.69, 9.17) is 0 Å². The van der Waals surface area contributed by atoms with Crippen LogP contribution in [0.25, 0.3) is 0 Å². The molecule has 1 aromatic carbocycles. The molecule has 0 unspecified atom stereocenters. The van der Waals surface area contributed by atoms with Gasteiger partial charge in [0.1, 0.15) is 16.5 Å². The van der Waals surface area contributed by atoms with Crippen molar-refractivity contribution < 1.29 is 0 Å². The van der Waals surface area contributed by atoms with Gasteiger partial charge in [0.05, 0.1) is 8.80 Å². The molecule has 1 aromatic rings. The molecule has 0 amide bonds. The van der Waals surface area contributed by atoms with E-state index in [1.807, 2.05) is 0 Å². The van der Waals surface area contributed by atoms with Gasteiger partial charge < -0.3 is 4.23 Å². The fraction of sp³-hybridized carbons (Fsp3) is 0.571. The average Bonchev–Trinajstić information content (AvgIpc) is 2.48. The van der Waals surface area contributed by atoms with Gasteiger partial charge in [0.25, 0.3) is 0 Å². The number of anilines is 1. The van der Waals surface area contributed by atoms with Crippen LogP contribution in [0.2, 0.25) is 51.4 Å². The second-order valence-electron chi connectivity index (χ2n) is 7.01. The number of hydrogen-bond acceptors (Lipinski definition) is 1. The van der Waals surface area contributed by atoms with E-state index in [0.717, 1.165) is 0 Å². The third-order valence-electron chi connectivity index (χ3n) is 4.24. The van der Waals surface area contributed by atoms with Crippen LogP contribution in [0.15, 0.2) is 24.3 Å². The van der Waals surface area contributed by atoms with Crippen LogP contribution >= 0.6 is 0 Å². The minimum atomic E-state index is -1.20. The lowest BCUT2D eigenvalue weighted by molar-refractivity contribution is 1.35. The summed E-state index contributed by atoms with van der Waals surface area (Å²) < 4.78 is 2.91. The lowest BCUT2D eigenvalue weighted by Crippen LogP contribution is -2.55. The Morgan fingerprint density at radius 2 is 1.56 bits per heavy atom. The largest absolute Gasteiger partial charge is 0.424 e. The molecule has 1 fully saturated rings. The summed E-state index contributed by atoms with van der Waals surface area (Å²) in [4.78, 5) is 0. The number of benzene rings is 1. The first-order valence-electron chi connectivity index (χ1n) is 6.95. The SMILES string of the molecule is C[Si](C)c1cccc(N2[Si](C)(C)CC[Si]2(C)C)c1. The second-order valence-corrected chi connectivity index (χ2v) is 19.2. The number of hydrogen-bond donors (Lipinski definition) is 0. The van der Waals surface area contributed by atoms with E-state index in [9.17, 15) is 0 Å². The monoisotopic (exact) mass is 292 g/mol. The van der Waals surface area contributed by atoms with E-state index >= 15 is 0 Å². The minimum absolute atomic E-state index is 0.333. The zero-order chi connectivity index (χ0) is 13.6. The van der Waals surface area contributed by atoms with Gasteiger partial charge in [0.15, 0.2) is 0 Å². The van der Waals surface area contributed by atoms with Gasteiger partial charge in [-0.15, -0.1) is 0 Å². The van der Waals surface area contributed by atoms with Crippen molar-refractivity contribution in [2.75, 3.05) is 4.23 Å². The predicted molar refractivity (Wildman–Crippen MR) is 90.6 cm³/mol. The molecule has 1 nitrogen and oxygen atoms in total. The van der Waals surface area contributed by atoms with E-state index in [2.05, 4.69) is 67.8 Å². The molecule has 0 spiro atoms. The Morgan fingerprint density at radius 1 is 1.00 bits per heavy atom. The van der Waals surface area contributed by atoms with Crippen molar-refractivity contribution in [2.45, 2.75) is 51.4 Å². The molecule has 2 rings (SSSR count). The molecule has 99 valence electrons. The van der Waals surface area contributed by atoms with Crippen molar-refractivity contribution in [1.29, 1.82) is 0 Å². The summed E-state index contributed by atoms with van der Waals surface area (Å²) in [5.74, 6) is 0. The van der Waals surface area contributed by atoms with Crippen LogP contribution in [0.4, 0.5) is 5.69 Å². The first-order valence-corrected chi connectivity index (χ1v) is 15.8. The van der Waals surface area contributed by atoms with E-state index in [-0.39, 0.29) is 8.80 Å². The van der Waals surface area contributed by atoms with Crippen molar-refractivity contribution in [1.82, 2.24) is 0 Å². The van der Waals surface area contributed by atoms with Gasteiger partial charge in [-0.3, -0.25) is 0 Å². The van der Waals surface area contributed by atoms with Gasteiger partial charge in [-0.25, -0.2) is 0 Å². The van der Waals surface area contributed by atoms with Gasteiger partial charge in [-0.05, 0) is 24.2 Å². The van der Waals surface area contributed by atoms with Gasteiger partial charge in [-0.1, -0.05) is 56.6 Å². The molecular weight excluding hydrogens is 266 g/mol. The summed E-state index contributed by atoms with van der Waals surface area (Å²) in [6.45, 7) is 15.0. The molecule has 1 aliphatic heterocycles. The summed E-state index contributed by atoms with van der Waals surface area (Å²) in [6.07, 6.45) is 0. The maximum atomic E-state index is 2.91. The molecule has 0 atom stereocenters. The van der Waals surface area contributed by atoms with Crippen LogP contribution in [0.3, 0.4) is 0 Å². The van der Waals surface area contributed by atoms with Crippen LogP contribution in [0.1, 0.15) is 0 Å². The maximum Gasteiger partial charge on any atom is 0.141 e. The lowest BCUT2D eigenvalue weighted by atomic mass is 10.3. The third kappa shape index (κ3) is 2.51. The number of nitrogens with zero attached hydrogens (tertiary/aromatic N) is 1. The van der Waals surface area contributed by atoms with Gasteiger partial charge in [0.2, 0.25) is 0 Å². The molecule has 1 radical (unpaired) electrons. The molecule has 1 saturated heterocycles. The standard InChI is InChI=1S/C14H26NSi3/c1-16(2)14-9-7-8-13(12-14)15-17(3,4)10-11-18(15,5)6/h7-9,12H,10-11H2,1-6H3. The zero-order valence-electron chi connectivity index (χ0n) is 12.7. The van der Waals surface area contributed by atoms with Crippen molar-refractivity contribution in [3.63, 3.8) is 0 Å². The maximum absolute atomic E-state index is 2.91. The number of rotatable bonds is 2. The minimum Gasteiger partial charge on any atom is -0.424 e. The second kappa shape index (κ2) is 4.65. The van der Waals surface area contributed by atoms with Crippen LogP contribution in [0, 0.1) is 0 Å². The lowest BCUT2D eigenvalue weighted by Gasteiger charge is -2.41. The van der Waals surface area contributed by atoms with Crippen LogP contribution in [-0.2, 0) is 0 Å². The molecule has 1 aliphatic rings. The molecule has 0 aromatic heterocycles. The van der Waals surface area contributed by atoms with Gasteiger partial charge in [0, 0.05) is 5.69 Å². The van der Waals surface area contributed by atoms with Crippen molar-refractivity contribution in [3.8, 4) is 0 Å². The normalized spacial score (nSPS) is 21.6. The highest BCUT2D eigenvalue weighted by Gasteiger charge is 2.47. The molecule has 0 aliphatic carbocycles. The zero-order valence-corrected chi connectivity index (χ0v) is 15.7.